The number of nitrogens with one attached hydrogen (secondary N) is 1. The molecule has 0 unspecified atom stereocenters. The Balaban J connectivity index is 2.36. The van der Waals surface area contributed by atoms with E-state index in [9.17, 15) is 8.42 Å². The van der Waals surface area contributed by atoms with Gasteiger partial charge in [0.2, 0.25) is 10.0 Å². The summed E-state index contributed by atoms with van der Waals surface area (Å²) in [7, 11) is 0.429. The second-order valence-electron chi connectivity index (χ2n) is 4.68. The fourth-order valence-electron chi connectivity index (χ4n) is 2.18. The lowest BCUT2D eigenvalue weighted by atomic mass is 10.2. The van der Waals surface area contributed by atoms with E-state index in [0.29, 0.717) is 6.61 Å². The van der Waals surface area contributed by atoms with Crippen molar-refractivity contribution in [3.8, 4) is 11.5 Å². The first-order valence-corrected chi connectivity index (χ1v) is 8.33. The molecule has 0 aromatic heterocycles. The van der Waals surface area contributed by atoms with Gasteiger partial charge in [-0.15, -0.1) is 0 Å². The Morgan fingerprint density at radius 3 is 2.45 bits per heavy atom. The van der Waals surface area contributed by atoms with Gasteiger partial charge in [0, 0.05) is 19.2 Å². The number of hydrogen-bond acceptors (Lipinski definition) is 6. The maximum Gasteiger partial charge on any atom is 0.244 e. The predicted octanol–water partition coefficient (Wildman–Crippen LogP) is 1.05. The van der Waals surface area contributed by atoms with Crippen molar-refractivity contribution < 1.29 is 27.4 Å². The second-order valence-corrected chi connectivity index (χ2v) is 6.77. The van der Waals surface area contributed by atoms with Gasteiger partial charge in [-0.3, -0.25) is 0 Å². The molecule has 22 heavy (non-hydrogen) atoms. The number of benzene rings is 1. The van der Waals surface area contributed by atoms with Crippen LogP contribution in [-0.2, 0) is 19.5 Å². The lowest BCUT2D eigenvalue weighted by Gasteiger charge is -2.19. The summed E-state index contributed by atoms with van der Waals surface area (Å²) in [6.45, 7) is 0.579. The van der Waals surface area contributed by atoms with E-state index in [2.05, 4.69) is 4.72 Å². The molecule has 1 aromatic carbocycles. The van der Waals surface area contributed by atoms with Crippen LogP contribution in [0.25, 0.3) is 0 Å². The summed E-state index contributed by atoms with van der Waals surface area (Å²) in [4.78, 5) is -0.0574. The second kappa shape index (κ2) is 7.01. The highest BCUT2D eigenvalue weighted by atomic mass is 35.5. The van der Waals surface area contributed by atoms with Gasteiger partial charge in [-0.05, 0) is 0 Å². The largest absolute Gasteiger partial charge is 0.495 e. The van der Waals surface area contributed by atoms with E-state index < -0.39 is 16.1 Å². The smallest absolute Gasteiger partial charge is 0.244 e. The molecule has 1 aliphatic rings. The van der Waals surface area contributed by atoms with Crippen LogP contribution in [0.3, 0.4) is 0 Å². The number of halogens is 1. The van der Waals surface area contributed by atoms with E-state index in [1.54, 1.807) is 0 Å². The number of hydrogen-bond donors (Lipinski definition) is 1. The summed E-state index contributed by atoms with van der Waals surface area (Å²) >= 11 is 5.99. The van der Waals surface area contributed by atoms with Crippen molar-refractivity contribution >= 4 is 21.6 Å². The molecule has 1 N–H and O–H groups in total. The first-order valence-electron chi connectivity index (χ1n) is 6.47. The predicted molar refractivity (Wildman–Crippen MR) is 80.3 cm³/mol. The molecule has 1 aliphatic heterocycles. The van der Waals surface area contributed by atoms with Crippen LogP contribution in [0.15, 0.2) is 17.0 Å². The molecule has 7 nitrogen and oxygen atoms in total. The number of methoxy groups -OCH3 is 3. The third-order valence-electron chi connectivity index (χ3n) is 3.37. The summed E-state index contributed by atoms with van der Waals surface area (Å²) in [6.07, 6.45) is -0.338. The zero-order valence-electron chi connectivity index (χ0n) is 12.5. The van der Waals surface area contributed by atoms with Crippen molar-refractivity contribution in [2.24, 2.45) is 0 Å². The van der Waals surface area contributed by atoms with Crippen LogP contribution >= 0.6 is 11.6 Å². The Hall–Kier alpha value is -1.06. The normalized spacial score (nSPS) is 21.8. The van der Waals surface area contributed by atoms with Gasteiger partial charge in [0.15, 0.2) is 0 Å². The molecule has 0 radical (unpaired) electrons. The Morgan fingerprint density at radius 1 is 1.18 bits per heavy atom. The fourth-order valence-corrected chi connectivity index (χ4v) is 3.83. The molecule has 1 saturated heterocycles. The third kappa shape index (κ3) is 3.47. The molecular formula is C13H18ClNO6S. The molecule has 124 valence electrons. The Morgan fingerprint density at radius 2 is 1.86 bits per heavy atom. The van der Waals surface area contributed by atoms with E-state index in [0.717, 1.165) is 0 Å². The third-order valence-corrected chi connectivity index (χ3v) is 5.17. The number of sulfonamides is 1. The van der Waals surface area contributed by atoms with Gasteiger partial charge in [0.1, 0.15) is 16.4 Å². The monoisotopic (exact) mass is 351 g/mol. The van der Waals surface area contributed by atoms with Crippen molar-refractivity contribution in [3.05, 3.63) is 17.2 Å². The molecule has 2 atom stereocenters. The Bertz CT molecular complexity index is 636. The maximum atomic E-state index is 12.6. The van der Waals surface area contributed by atoms with Gasteiger partial charge in [-0.2, -0.15) is 0 Å². The van der Waals surface area contributed by atoms with Crippen molar-refractivity contribution in [3.63, 3.8) is 0 Å². The van der Waals surface area contributed by atoms with Gasteiger partial charge < -0.3 is 18.9 Å². The highest BCUT2D eigenvalue weighted by Crippen LogP contribution is 2.35. The van der Waals surface area contributed by atoms with Crippen molar-refractivity contribution in [1.29, 1.82) is 0 Å². The summed E-state index contributed by atoms with van der Waals surface area (Å²) < 4.78 is 48.4. The molecule has 1 heterocycles. The van der Waals surface area contributed by atoms with Crippen LogP contribution in [0.2, 0.25) is 5.02 Å². The zero-order valence-corrected chi connectivity index (χ0v) is 14.0. The first-order chi connectivity index (χ1) is 10.4. The first kappa shape index (κ1) is 17.3. The Kier molecular flexibility index (Phi) is 5.51. The molecule has 2 rings (SSSR count). The van der Waals surface area contributed by atoms with Crippen molar-refractivity contribution in [2.45, 2.75) is 17.0 Å². The summed E-state index contributed by atoms with van der Waals surface area (Å²) in [5.41, 5.74) is 0. The molecule has 0 saturated carbocycles. The minimum atomic E-state index is -3.85. The van der Waals surface area contributed by atoms with E-state index in [-0.39, 0.29) is 34.1 Å². The molecule has 0 spiro atoms. The van der Waals surface area contributed by atoms with Crippen LogP contribution in [0, 0.1) is 0 Å². The van der Waals surface area contributed by atoms with Crippen molar-refractivity contribution in [1.82, 2.24) is 4.72 Å². The molecule has 9 heteroatoms. The van der Waals surface area contributed by atoms with Crippen LogP contribution < -0.4 is 14.2 Å². The average Bonchev–Trinajstić information content (AvgIpc) is 2.92. The molecule has 0 bridgehead atoms. The van der Waals surface area contributed by atoms with E-state index in [1.807, 2.05) is 0 Å². The lowest BCUT2D eigenvalue weighted by molar-refractivity contribution is 0.0761. The SMILES string of the molecule is COc1cc(S(=O)(=O)N[C@H]2COC[C@@H]2OC)c(OC)cc1Cl. The zero-order chi connectivity index (χ0) is 16.3. The molecular weight excluding hydrogens is 334 g/mol. The topological polar surface area (TPSA) is 83.1 Å². The fraction of sp³-hybridized carbons (Fsp3) is 0.538. The summed E-state index contributed by atoms with van der Waals surface area (Å²) in [5, 5.41) is 0.261. The van der Waals surface area contributed by atoms with E-state index >= 15 is 0 Å². The van der Waals surface area contributed by atoms with Gasteiger partial charge in [-0.25, -0.2) is 13.1 Å². The lowest BCUT2D eigenvalue weighted by Crippen LogP contribution is -2.43. The van der Waals surface area contributed by atoms with Gasteiger partial charge in [0.05, 0.1) is 44.6 Å². The highest BCUT2D eigenvalue weighted by molar-refractivity contribution is 7.89. The van der Waals surface area contributed by atoms with Crippen molar-refractivity contribution in [2.75, 3.05) is 34.5 Å². The molecule has 0 amide bonds. The molecule has 1 aromatic rings. The molecule has 0 aliphatic carbocycles. The number of ether oxygens (including phenoxy) is 4. The summed E-state index contributed by atoms with van der Waals surface area (Å²) in [5.74, 6) is 0.375. The molecule has 1 fully saturated rings. The van der Waals surface area contributed by atoms with E-state index in [1.165, 1.54) is 33.5 Å². The quantitative estimate of drug-likeness (QED) is 0.824. The Labute approximate surface area is 134 Å². The van der Waals surface area contributed by atoms with Gasteiger partial charge >= 0.3 is 0 Å². The minimum Gasteiger partial charge on any atom is -0.495 e. The maximum absolute atomic E-state index is 12.6. The minimum absolute atomic E-state index is 0.0574. The van der Waals surface area contributed by atoms with Gasteiger partial charge in [-0.1, -0.05) is 11.6 Å². The van der Waals surface area contributed by atoms with Crippen LogP contribution in [0.5, 0.6) is 11.5 Å². The number of rotatable bonds is 6. The standard InChI is InChI=1S/C13H18ClNO6S/c1-18-10-5-13(11(19-2)4-8(10)14)22(16,17)15-9-6-21-7-12(9)20-3/h4-5,9,12,15H,6-7H2,1-3H3/t9-,12-/m0/s1. The van der Waals surface area contributed by atoms with Crippen LogP contribution in [0.4, 0.5) is 0 Å². The highest BCUT2D eigenvalue weighted by Gasteiger charge is 2.33. The summed E-state index contributed by atoms with van der Waals surface area (Å²) in [6, 6.07) is 2.25. The van der Waals surface area contributed by atoms with Crippen LogP contribution in [-0.4, -0.2) is 55.1 Å². The van der Waals surface area contributed by atoms with E-state index in [4.69, 9.17) is 30.5 Å². The van der Waals surface area contributed by atoms with Crippen LogP contribution in [0.1, 0.15) is 0 Å². The van der Waals surface area contributed by atoms with Gasteiger partial charge in [0.25, 0.3) is 0 Å². The average molecular weight is 352 g/mol.